The van der Waals surface area contributed by atoms with Gasteiger partial charge in [-0.1, -0.05) is 23.9 Å². The topological polar surface area (TPSA) is 74.1 Å². The average molecular weight is 430 g/mol. The molecule has 0 saturated carbocycles. The molecule has 6 nitrogen and oxygen atoms in total. The van der Waals surface area contributed by atoms with Crippen LogP contribution in [0.15, 0.2) is 41.1 Å². The summed E-state index contributed by atoms with van der Waals surface area (Å²) in [7, 11) is 0. The summed E-state index contributed by atoms with van der Waals surface area (Å²) in [4.78, 5) is 34.1. The lowest BCUT2D eigenvalue weighted by Gasteiger charge is -2.14. The van der Waals surface area contributed by atoms with Crippen LogP contribution >= 0.6 is 23.1 Å². The number of benzene rings is 1. The van der Waals surface area contributed by atoms with Gasteiger partial charge in [0.25, 0.3) is 0 Å². The zero-order valence-corrected chi connectivity index (χ0v) is 18.5. The van der Waals surface area contributed by atoms with Crippen molar-refractivity contribution in [2.45, 2.75) is 38.8 Å². The second-order valence-corrected chi connectivity index (χ2v) is 8.40. The Morgan fingerprint density at radius 1 is 1.28 bits per heavy atom. The number of aromatic nitrogens is 3. The van der Waals surface area contributed by atoms with Crippen molar-refractivity contribution < 1.29 is 14.3 Å². The molecule has 0 spiro atoms. The summed E-state index contributed by atoms with van der Waals surface area (Å²) < 4.78 is 7.09. The van der Waals surface area contributed by atoms with Crippen molar-refractivity contribution in [3.8, 4) is 5.69 Å². The molecule has 1 aromatic carbocycles. The van der Waals surface area contributed by atoms with Crippen molar-refractivity contribution in [1.82, 2.24) is 14.5 Å². The van der Waals surface area contributed by atoms with Gasteiger partial charge in [-0.3, -0.25) is 14.2 Å². The summed E-state index contributed by atoms with van der Waals surface area (Å²) in [6.07, 6.45) is 3.59. The maximum Gasteiger partial charge on any atom is 0.323 e. The number of Topliss-reactive ketones (excluding diaryl/α,β-unsaturated/α-hetero) is 1. The zero-order valence-electron chi connectivity index (χ0n) is 16.8. The van der Waals surface area contributed by atoms with Gasteiger partial charge in [-0.2, -0.15) is 0 Å². The van der Waals surface area contributed by atoms with Gasteiger partial charge in [-0.15, -0.1) is 11.3 Å². The average Bonchev–Trinajstić information content (AvgIpc) is 3.32. The Bertz CT molecular complexity index is 1030. The molecule has 0 aliphatic heterocycles. The van der Waals surface area contributed by atoms with Gasteiger partial charge in [-0.25, -0.2) is 9.97 Å². The Balaban J connectivity index is 1.80. The molecule has 0 aliphatic rings. The van der Waals surface area contributed by atoms with Crippen LogP contribution in [0.1, 0.15) is 34.7 Å². The zero-order chi connectivity index (χ0) is 21.0. The Kier molecular flexibility index (Phi) is 6.87. The van der Waals surface area contributed by atoms with Crippen LogP contribution in [0.25, 0.3) is 5.69 Å². The quantitative estimate of drug-likeness (QED) is 0.303. The predicted octanol–water partition coefficient (Wildman–Crippen LogP) is 4.26. The predicted molar refractivity (Wildman–Crippen MR) is 115 cm³/mol. The third-order valence-corrected chi connectivity index (χ3v) is 6.53. The summed E-state index contributed by atoms with van der Waals surface area (Å²) in [5, 5.41) is 3.00. The summed E-state index contributed by atoms with van der Waals surface area (Å²) in [6, 6.07) is 6.08. The third-order valence-electron chi connectivity index (χ3n) is 4.51. The van der Waals surface area contributed by atoms with Crippen LogP contribution in [-0.2, 0) is 14.3 Å². The lowest BCUT2D eigenvalue weighted by atomic mass is 10.1. The lowest BCUT2D eigenvalue weighted by Crippen LogP contribution is -2.25. The smallest absolute Gasteiger partial charge is 0.323 e. The molecular weight excluding hydrogens is 406 g/mol. The van der Waals surface area contributed by atoms with Crippen LogP contribution in [0.3, 0.4) is 0 Å². The SMILES string of the molecule is CCOC(=O)C(C(=O)CSc1nccn1-c1cccc(C)c1C)c1nc(C)cs1. The summed E-state index contributed by atoms with van der Waals surface area (Å²) in [5.74, 6) is -1.68. The largest absolute Gasteiger partial charge is 0.465 e. The second kappa shape index (κ2) is 9.37. The maximum absolute atomic E-state index is 12.9. The molecule has 3 rings (SSSR count). The highest BCUT2D eigenvalue weighted by Gasteiger charge is 2.32. The summed E-state index contributed by atoms with van der Waals surface area (Å²) in [5.41, 5.74) is 4.14. The van der Waals surface area contributed by atoms with Crippen molar-refractivity contribution in [2.24, 2.45) is 0 Å². The normalized spacial score (nSPS) is 12.0. The summed E-state index contributed by atoms with van der Waals surface area (Å²) in [6.45, 7) is 7.90. The van der Waals surface area contributed by atoms with E-state index in [0.29, 0.717) is 10.2 Å². The van der Waals surface area contributed by atoms with E-state index >= 15 is 0 Å². The minimum atomic E-state index is -0.995. The molecule has 29 heavy (non-hydrogen) atoms. The Hall–Kier alpha value is -2.45. The van der Waals surface area contributed by atoms with Crippen LogP contribution in [0.4, 0.5) is 0 Å². The minimum absolute atomic E-state index is 0.101. The molecule has 1 atom stereocenters. The van der Waals surface area contributed by atoms with Crippen molar-refractivity contribution in [1.29, 1.82) is 0 Å². The number of ether oxygens (including phenoxy) is 1. The first kappa shape index (κ1) is 21.3. The fourth-order valence-corrected chi connectivity index (χ4v) is 4.67. The molecule has 0 aliphatic carbocycles. The highest BCUT2D eigenvalue weighted by molar-refractivity contribution is 7.99. The van der Waals surface area contributed by atoms with Gasteiger partial charge in [0.15, 0.2) is 16.9 Å². The molecule has 0 fully saturated rings. The number of rotatable bonds is 8. The molecular formula is C21H23N3O3S2. The first-order valence-corrected chi connectivity index (χ1v) is 11.1. The van der Waals surface area contributed by atoms with Crippen molar-refractivity contribution in [2.75, 3.05) is 12.4 Å². The van der Waals surface area contributed by atoms with Crippen molar-refractivity contribution in [3.05, 3.63) is 57.8 Å². The number of imidazole rings is 1. The highest BCUT2D eigenvalue weighted by atomic mass is 32.2. The van der Waals surface area contributed by atoms with Crippen LogP contribution < -0.4 is 0 Å². The van der Waals surface area contributed by atoms with Crippen LogP contribution in [0, 0.1) is 20.8 Å². The number of nitrogens with zero attached hydrogens (tertiary/aromatic N) is 3. The van der Waals surface area contributed by atoms with Crippen LogP contribution in [-0.4, -0.2) is 38.6 Å². The van der Waals surface area contributed by atoms with Gasteiger partial charge in [-0.05, 0) is 44.9 Å². The number of thioether (sulfide) groups is 1. The lowest BCUT2D eigenvalue weighted by molar-refractivity contribution is -0.147. The number of carbonyl (C=O) groups excluding carboxylic acids is 2. The molecule has 1 unspecified atom stereocenters. The van der Waals surface area contributed by atoms with Crippen LogP contribution in [0.5, 0.6) is 0 Å². The minimum Gasteiger partial charge on any atom is -0.465 e. The van der Waals surface area contributed by atoms with Crippen LogP contribution in [0.2, 0.25) is 0 Å². The Morgan fingerprint density at radius 3 is 2.76 bits per heavy atom. The van der Waals surface area contributed by atoms with E-state index in [0.717, 1.165) is 16.9 Å². The molecule has 0 saturated heterocycles. The monoisotopic (exact) mass is 429 g/mol. The fraction of sp³-hybridized carbons (Fsp3) is 0.333. The first-order chi connectivity index (χ1) is 13.9. The van der Waals surface area contributed by atoms with E-state index in [1.165, 1.54) is 28.7 Å². The van der Waals surface area contributed by atoms with Crippen molar-refractivity contribution in [3.63, 3.8) is 0 Å². The number of carbonyl (C=O) groups is 2. The standard InChI is InChI=1S/C21H23N3O3S2/c1-5-27-20(26)18(19-23-14(3)11-28-19)17(25)12-29-21-22-9-10-24(21)16-8-6-7-13(2)15(16)4/h6-11,18H,5,12H2,1-4H3. The van der Waals surface area contributed by atoms with Gasteiger partial charge < -0.3 is 4.74 Å². The molecule has 8 heteroatoms. The number of aryl methyl sites for hydroxylation is 2. The van der Waals surface area contributed by atoms with Crippen molar-refractivity contribution >= 4 is 34.9 Å². The molecule has 0 amide bonds. The molecule has 2 heterocycles. The van der Waals surface area contributed by atoms with E-state index in [4.69, 9.17) is 4.74 Å². The van der Waals surface area contributed by atoms with Gasteiger partial charge in [0.05, 0.1) is 18.0 Å². The molecule has 152 valence electrons. The van der Waals surface area contributed by atoms with E-state index in [9.17, 15) is 9.59 Å². The van der Waals surface area contributed by atoms with Gasteiger partial charge >= 0.3 is 5.97 Å². The number of hydrogen-bond donors (Lipinski definition) is 0. The third kappa shape index (κ3) is 4.76. The highest BCUT2D eigenvalue weighted by Crippen LogP contribution is 2.28. The number of esters is 1. The van der Waals surface area contributed by atoms with E-state index < -0.39 is 11.9 Å². The Morgan fingerprint density at radius 2 is 2.07 bits per heavy atom. The molecule has 2 aromatic heterocycles. The van der Waals surface area contributed by atoms with E-state index in [2.05, 4.69) is 29.9 Å². The molecule has 3 aromatic rings. The molecule has 0 radical (unpaired) electrons. The van der Waals surface area contributed by atoms with Gasteiger partial charge in [0, 0.05) is 23.5 Å². The molecule has 0 N–H and O–H groups in total. The number of hydrogen-bond acceptors (Lipinski definition) is 7. The fourth-order valence-electron chi connectivity index (χ4n) is 2.90. The van der Waals surface area contributed by atoms with E-state index in [-0.39, 0.29) is 18.1 Å². The maximum atomic E-state index is 12.9. The van der Waals surface area contributed by atoms with E-state index in [1.54, 1.807) is 13.1 Å². The van der Waals surface area contributed by atoms with E-state index in [1.807, 2.05) is 35.2 Å². The second-order valence-electron chi connectivity index (χ2n) is 6.57. The number of ketones is 1. The molecule has 0 bridgehead atoms. The first-order valence-electron chi connectivity index (χ1n) is 9.26. The van der Waals surface area contributed by atoms with Gasteiger partial charge in [0.1, 0.15) is 5.01 Å². The summed E-state index contributed by atoms with van der Waals surface area (Å²) >= 11 is 2.61. The van der Waals surface area contributed by atoms with Gasteiger partial charge in [0.2, 0.25) is 0 Å². The Labute approximate surface area is 178 Å². The number of thiazole rings is 1.